The molecule has 0 aromatic heterocycles. The molecule has 0 bridgehead atoms. The Balaban J connectivity index is 2.18. The molecule has 2 aromatic rings. The minimum absolute atomic E-state index is 0.0416. The summed E-state index contributed by atoms with van der Waals surface area (Å²) in [6, 6.07) is 17.2. The van der Waals surface area contributed by atoms with Crippen molar-refractivity contribution < 1.29 is 9.59 Å². The maximum Gasteiger partial charge on any atom is 0.163 e. The lowest BCUT2D eigenvalue weighted by Gasteiger charge is -2.14. The summed E-state index contributed by atoms with van der Waals surface area (Å²) in [7, 11) is 0. The zero-order valence-electron chi connectivity index (χ0n) is 11.6. The third-order valence-corrected chi connectivity index (χ3v) is 3.42. The highest BCUT2D eigenvalue weighted by atomic mass is 16.1. The molecule has 2 nitrogen and oxygen atoms in total. The van der Waals surface area contributed by atoms with Crippen LogP contribution in [0, 0.1) is 6.92 Å². The van der Waals surface area contributed by atoms with Crippen molar-refractivity contribution >= 4 is 12.1 Å². The van der Waals surface area contributed by atoms with E-state index < -0.39 is 0 Å². The highest BCUT2D eigenvalue weighted by molar-refractivity contribution is 5.96. The minimum Gasteiger partial charge on any atom is -0.303 e. The van der Waals surface area contributed by atoms with Gasteiger partial charge in [0.15, 0.2) is 5.78 Å². The molecule has 20 heavy (non-hydrogen) atoms. The number of aldehydes is 1. The van der Waals surface area contributed by atoms with Gasteiger partial charge in [0, 0.05) is 18.4 Å². The van der Waals surface area contributed by atoms with Crippen molar-refractivity contribution in [3.63, 3.8) is 0 Å². The molecule has 1 atom stereocenters. The number of carbonyl (C=O) groups is 2. The van der Waals surface area contributed by atoms with Crippen molar-refractivity contribution in [1.82, 2.24) is 0 Å². The number of Topliss-reactive ketones (excluding diaryl/α,β-unsaturated/α-hetero) is 1. The summed E-state index contributed by atoms with van der Waals surface area (Å²) in [6.45, 7) is 2.01. The monoisotopic (exact) mass is 266 g/mol. The number of hydrogen-bond donors (Lipinski definition) is 0. The largest absolute Gasteiger partial charge is 0.303 e. The fourth-order valence-corrected chi connectivity index (χ4v) is 2.34. The number of rotatable bonds is 6. The summed E-state index contributed by atoms with van der Waals surface area (Å²) in [5, 5.41) is 0. The molecule has 0 fully saturated rings. The van der Waals surface area contributed by atoms with Crippen molar-refractivity contribution in [2.75, 3.05) is 0 Å². The first-order valence-electron chi connectivity index (χ1n) is 6.79. The molecular formula is C18H18O2. The number of benzene rings is 2. The maximum absolute atomic E-state index is 12.3. The second kappa shape index (κ2) is 6.80. The van der Waals surface area contributed by atoms with Crippen molar-refractivity contribution in [3.8, 4) is 0 Å². The first kappa shape index (κ1) is 14.2. The summed E-state index contributed by atoms with van der Waals surface area (Å²) in [5.74, 6) is 0.0408. The number of carbonyl (C=O) groups excluding carboxylic acids is 2. The van der Waals surface area contributed by atoms with E-state index in [0.717, 1.165) is 17.4 Å². The zero-order chi connectivity index (χ0) is 14.4. The molecule has 2 rings (SSSR count). The molecule has 0 aliphatic rings. The first-order valence-corrected chi connectivity index (χ1v) is 6.79. The van der Waals surface area contributed by atoms with Gasteiger partial charge in [-0.05, 0) is 18.4 Å². The zero-order valence-corrected chi connectivity index (χ0v) is 11.6. The molecule has 0 radical (unpaired) electrons. The summed E-state index contributed by atoms with van der Waals surface area (Å²) < 4.78 is 0. The lowest BCUT2D eigenvalue weighted by Crippen LogP contribution is -2.08. The Morgan fingerprint density at radius 3 is 2.50 bits per heavy atom. The predicted molar refractivity (Wildman–Crippen MR) is 80.0 cm³/mol. The van der Waals surface area contributed by atoms with Crippen LogP contribution in [0.3, 0.4) is 0 Å². The number of ketones is 1. The molecule has 0 spiro atoms. The van der Waals surface area contributed by atoms with Crippen LogP contribution < -0.4 is 0 Å². The number of hydrogen-bond acceptors (Lipinski definition) is 2. The molecule has 0 amide bonds. The standard InChI is InChI=1S/C18H18O2/c1-14-6-5-9-16(12-14)17(10-11-19)13-18(20)15-7-3-2-4-8-15/h2-9,11-12,17H,10,13H2,1H3/t17-/m0/s1. The van der Waals surface area contributed by atoms with Crippen LogP contribution in [0.5, 0.6) is 0 Å². The van der Waals surface area contributed by atoms with Crippen molar-refractivity contribution in [2.45, 2.75) is 25.7 Å². The third-order valence-electron chi connectivity index (χ3n) is 3.42. The summed E-state index contributed by atoms with van der Waals surface area (Å²) in [4.78, 5) is 23.2. The highest BCUT2D eigenvalue weighted by Gasteiger charge is 2.17. The SMILES string of the molecule is Cc1cccc([C@@H](CC=O)CC(=O)c2ccccc2)c1. The second-order valence-corrected chi connectivity index (χ2v) is 5.01. The molecule has 0 aliphatic heterocycles. The molecule has 2 aromatic carbocycles. The Kier molecular flexibility index (Phi) is 4.83. The molecule has 102 valence electrons. The first-order chi connectivity index (χ1) is 9.70. The lowest BCUT2D eigenvalue weighted by molar-refractivity contribution is -0.108. The van der Waals surface area contributed by atoms with Gasteiger partial charge in [0.05, 0.1) is 0 Å². The second-order valence-electron chi connectivity index (χ2n) is 5.01. The van der Waals surface area contributed by atoms with Gasteiger partial charge >= 0.3 is 0 Å². The Morgan fingerprint density at radius 2 is 1.85 bits per heavy atom. The Hall–Kier alpha value is -2.22. The van der Waals surface area contributed by atoms with Gasteiger partial charge in [-0.25, -0.2) is 0 Å². The Labute approximate surface area is 119 Å². The van der Waals surface area contributed by atoms with E-state index in [9.17, 15) is 9.59 Å². The van der Waals surface area contributed by atoms with Gasteiger partial charge in [-0.3, -0.25) is 4.79 Å². The van der Waals surface area contributed by atoms with Crippen LogP contribution in [0.15, 0.2) is 54.6 Å². The van der Waals surface area contributed by atoms with E-state index in [1.807, 2.05) is 61.5 Å². The van der Waals surface area contributed by atoms with Crippen molar-refractivity contribution in [1.29, 1.82) is 0 Å². The van der Waals surface area contributed by atoms with Gasteiger partial charge in [0.25, 0.3) is 0 Å². The minimum atomic E-state index is -0.0416. The van der Waals surface area contributed by atoms with E-state index in [1.165, 1.54) is 0 Å². The van der Waals surface area contributed by atoms with Crippen molar-refractivity contribution in [3.05, 3.63) is 71.3 Å². The summed E-state index contributed by atoms with van der Waals surface area (Å²) in [5.41, 5.74) is 2.91. The van der Waals surface area contributed by atoms with Gasteiger partial charge in [-0.2, -0.15) is 0 Å². The van der Waals surface area contributed by atoms with Crippen molar-refractivity contribution in [2.24, 2.45) is 0 Å². The molecule has 0 unspecified atom stereocenters. The topological polar surface area (TPSA) is 34.1 Å². The van der Waals surface area contributed by atoms with Gasteiger partial charge in [0.2, 0.25) is 0 Å². The molecule has 0 N–H and O–H groups in total. The quantitative estimate of drug-likeness (QED) is 0.586. The van der Waals surface area contributed by atoms with Gasteiger partial charge in [-0.15, -0.1) is 0 Å². The van der Waals surface area contributed by atoms with E-state index in [-0.39, 0.29) is 11.7 Å². The van der Waals surface area contributed by atoms with Crippen LogP contribution in [-0.4, -0.2) is 12.1 Å². The summed E-state index contributed by atoms with van der Waals surface area (Å²) in [6.07, 6.45) is 1.64. The third kappa shape index (κ3) is 3.64. The van der Waals surface area contributed by atoms with Gasteiger partial charge in [-0.1, -0.05) is 60.2 Å². The molecule has 0 heterocycles. The van der Waals surface area contributed by atoms with Crippen LogP contribution in [0.1, 0.15) is 40.2 Å². The highest BCUT2D eigenvalue weighted by Crippen LogP contribution is 2.25. The van der Waals surface area contributed by atoms with Gasteiger partial charge < -0.3 is 4.79 Å². The smallest absolute Gasteiger partial charge is 0.163 e. The van der Waals surface area contributed by atoms with E-state index >= 15 is 0 Å². The predicted octanol–water partition coefficient (Wildman–Crippen LogP) is 3.94. The van der Waals surface area contributed by atoms with Crippen LogP contribution >= 0.6 is 0 Å². The molecular weight excluding hydrogens is 248 g/mol. The lowest BCUT2D eigenvalue weighted by atomic mass is 9.89. The normalized spacial score (nSPS) is 11.8. The van der Waals surface area contributed by atoms with Gasteiger partial charge in [0.1, 0.15) is 6.29 Å². The molecule has 0 saturated heterocycles. The van der Waals surface area contributed by atoms with E-state index in [2.05, 4.69) is 0 Å². The van der Waals surface area contributed by atoms with Crippen LogP contribution in [0.4, 0.5) is 0 Å². The van der Waals surface area contributed by atoms with E-state index in [1.54, 1.807) is 0 Å². The van der Waals surface area contributed by atoms with Crippen LogP contribution in [0.25, 0.3) is 0 Å². The summed E-state index contributed by atoms with van der Waals surface area (Å²) >= 11 is 0. The van der Waals surface area contributed by atoms with Crippen LogP contribution in [0.2, 0.25) is 0 Å². The fourth-order valence-electron chi connectivity index (χ4n) is 2.34. The Morgan fingerprint density at radius 1 is 1.10 bits per heavy atom. The maximum atomic E-state index is 12.3. The fraction of sp³-hybridized carbons (Fsp3) is 0.222. The number of aryl methyl sites for hydroxylation is 1. The molecule has 0 saturated carbocycles. The van der Waals surface area contributed by atoms with E-state index in [0.29, 0.717) is 18.4 Å². The average Bonchev–Trinajstić information content (AvgIpc) is 2.47. The Bertz CT molecular complexity index is 587. The van der Waals surface area contributed by atoms with E-state index in [4.69, 9.17) is 0 Å². The molecule has 0 aliphatic carbocycles. The molecule has 2 heteroatoms. The van der Waals surface area contributed by atoms with Crippen LogP contribution in [-0.2, 0) is 4.79 Å². The average molecular weight is 266 g/mol.